The summed E-state index contributed by atoms with van der Waals surface area (Å²) in [7, 11) is 1.89. The Kier molecular flexibility index (Phi) is 4.86. The van der Waals surface area contributed by atoms with Crippen LogP contribution < -0.4 is 5.32 Å². The van der Waals surface area contributed by atoms with Gasteiger partial charge in [-0.1, -0.05) is 48.3 Å². The maximum Gasteiger partial charge on any atom is 0.0837 e. The molecule has 0 bridgehead atoms. The van der Waals surface area contributed by atoms with Gasteiger partial charge in [-0.3, -0.25) is 4.68 Å². The molecule has 0 spiro atoms. The van der Waals surface area contributed by atoms with Crippen LogP contribution in [0.5, 0.6) is 0 Å². The average Bonchev–Trinajstić information content (AvgIpc) is 2.73. The number of hydrogen-bond acceptors (Lipinski definition) is 2. The van der Waals surface area contributed by atoms with Gasteiger partial charge in [-0.15, -0.1) is 0 Å². The zero-order chi connectivity index (χ0) is 13.8. The summed E-state index contributed by atoms with van der Waals surface area (Å²) in [5.41, 5.74) is 1.95. The molecule has 5 heteroatoms. The van der Waals surface area contributed by atoms with Gasteiger partial charge in [0.2, 0.25) is 0 Å². The van der Waals surface area contributed by atoms with Crippen molar-refractivity contribution in [3.8, 4) is 0 Å². The van der Waals surface area contributed by atoms with Crippen molar-refractivity contribution in [2.45, 2.75) is 19.4 Å². The fraction of sp³-hybridized carbons (Fsp3) is 0.357. The van der Waals surface area contributed by atoms with Crippen molar-refractivity contribution < 1.29 is 0 Å². The molecule has 0 fully saturated rings. The first kappa shape index (κ1) is 14.4. The molecule has 3 nitrogen and oxygen atoms in total. The standard InChI is InChI=1S/C14H17Cl2N3/c1-3-8-17-13(10-6-4-5-7-11(10)15)14-12(16)9-18-19(14)2/h4-7,9,13,17H,3,8H2,1-2H3. The number of nitrogens with one attached hydrogen (secondary N) is 1. The van der Waals surface area contributed by atoms with E-state index in [0.29, 0.717) is 5.02 Å². The van der Waals surface area contributed by atoms with Crippen LogP contribution >= 0.6 is 23.2 Å². The van der Waals surface area contributed by atoms with E-state index in [-0.39, 0.29) is 6.04 Å². The number of rotatable bonds is 5. The Morgan fingerprint density at radius 3 is 2.58 bits per heavy atom. The van der Waals surface area contributed by atoms with Crippen LogP contribution in [0.25, 0.3) is 0 Å². The van der Waals surface area contributed by atoms with E-state index in [0.717, 1.165) is 29.2 Å². The van der Waals surface area contributed by atoms with E-state index >= 15 is 0 Å². The normalized spacial score (nSPS) is 12.6. The number of nitrogens with zero attached hydrogens (tertiary/aromatic N) is 2. The smallest absolute Gasteiger partial charge is 0.0837 e. The number of benzene rings is 1. The molecular weight excluding hydrogens is 281 g/mol. The van der Waals surface area contributed by atoms with Crippen LogP contribution in [-0.4, -0.2) is 16.3 Å². The second kappa shape index (κ2) is 6.42. The van der Waals surface area contributed by atoms with Crippen molar-refractivity contribution in [1.29, 1.82) is 0 Å². The van der Waals surface area contributed by atoms with Crippen molar-refractivity contribution >= 4 is 23.2 Å². The molecule has 1 aromatic carbocycles. The van der Waals surface area contributed by atoms with E-state index in [2.05, 4.69) is 17.3 Å². The van der Waals surface area contributed by atoms with Gasteiger partial charge in [-0.05, 0) is 24.6 Å². The van der Waals surface area contributed by atoms with Gasteiger partial charge < -0.3 is 5.32 Å². The molecule has 0 saturated heterocycles. The minimum atomic E-state index is -0.0475. The summed E-state index contributed by atoms with van der Waals surface area (Å²) in [4.78, 5) is 0. The third-order valence-electron chi connectivity index (χ3n) is 3.03. The zero-order valence-corrected chi connectivity index (χ0v) is 12.5. The van der Waals surface area contributed by atoms with Gasteiger partial charge in [0.25, 0.3) is 0 Å². The molecule has 102 valence electrons. The fourth-order valence-corrected chi connectivity index (χ4v) is 2.62. The molecule has 0 aliphatic carbocycles. The highest BCUT2D eigenvalue weighted by Gasteiger charge is 2.22. The van der Waals surface area contributed by atoms with Crippen LogP contribution in [0, 0.1) is 0 Å². The lowest BCUT2D eigenvalue weighted by molar-refractivity contribution is 0.554. The first-order chi connectivity index (χ1) is 9.15. The molecule has 1 heterocycles. The van der Waals surface area contributed by atoms with E-state index < -0.39 is 0 Å². The highest BCUT2D eigenvalue weighted by molar-refractivity contribution is 6.32. The minimum Gasteiger partial charge on any atom is -0.305 e. The average molecular weight is 298 g/mol. The summed E-state index contributed by atoms with van der Waals surface area (Å²) in [6, 6.07) is 7.76. The highest BCUT2D eigenvalue weighted by atomic mass is 35.5. The Balaban J connectivity index is 2.45. The Labute approximate surface area is 123 Å². The van der Waals surface area contributed by atoms with Crippen LogP contribution in [-0.2, 0) is 7.05 Å². The molecule has 1 unspecified atom stereocenters. The van der Waals surface area contributed by atoms with Crippen LogP contribution in [0.1, 0.15) is 30.6 Å². The topological polar surface area (TPSA) is 29.9 Å². The largest absolute Gasteiger partial charge is 0.305 e. The summed E-state index contributed by atoms with van der Waals surface area (Å²) in [6.45, 7) is 3.01. The number of hydrogen-bond donors (Lipinski definition) is 1. The van der Waals surface area contributed by atoms with Gasteiger partial charge in [-0.25, -0.2) is 0 Å². The summed E-state index contributed by atoms with van der Waals surface area (Å²) in [6.07, 6.45) is 2.70. The maximum atomic E-state index is 6.31. The van der Waals surface area contributed by atoms with Crippen molar-refractivity contribution in [2.24, 2.45) is 7.05 Å². The lowest BCUT2D eigenvalue weighted by Gasteiger charge is -2.21. The number of halogens is 2. The second-order valence-electron chi connectivity index (χ2n) is 4.41. The zero-order valence-electron chi connectivity index (χ0n) is 11.0. The Hall–Kier alpha value is -1.03. The highest BCUT2D eigenvalue weighted by Crippen LogP contribution is 2.31. The fourth-order valence-electron chi connectivity index (χ4n) is 2.10. The van der Waals surface area contributed by atoms with Crippen LogP contribution in [0.15, 0.2) is 30.5 Å². The van der Waals surface area contributed by atoms with Gasteiger partial charge in [0.1, 0.15) is 0 Å². The first-order valence-corrected chi connectivity index (χ1v) is 7.06. The third-order valence-corrected chi connectivity index (χ3v) is 3.66. The van der Waals surface area contributed by atoms with Gasteiger partial charge in [0.15, 0.2) is 0 Å². The molecular formula is C14H17Cl2N3. The second-order valence-corrected chi connectivity index (χ2v) is 5.22. The lowest BCUT2D eigenvalue weighted by atomic mass is 10.0. The number of aryl methyl sites for hydroxylation is 1. The molecule has 0 saturated carbocycles. The van der Waals surface area contributed by atoms with Crippen molar-refractivity contribution in [1.82, 2.24) is 15.1 Å². The maximum absolute atomic E-state index is 6.31. The van der Waals surface area contributed by atoms with Gasteiger partial charge in [0.05, 0.1) is 23.0 Å². The summed E-state index contributed by atoms with van der Waals surface area (Å²) < 4.78 is 1.79. The SMILES string of the molecule is CCCNC(c1ccccc1Cl)c1c(Cl)cnn1C. The summed E-state index contributed by atoms with van der Waals surface area (Å²) in [5.74, 6) is 0. The predicted octanol–water partition coefficient (Wildman–Crippen LogP) is 3.82. The van der Waals surface area contributed by atoms with Crippen molar-refractivity contribution in [3.63, 3.8) is 0 Å². The molecule has 2 rings (SSSR count). The Morgan fingerprint density at radius 1 is 1.26 bits per heavy atom. The molecule has 19 heavy (non-hydrogen) atoms. The van der Waals surface area contributed by atoms with Crippen LogP contribution in [0.3, 0.4) is 0 Å². The number of aromatic nitrogens is 2. The van der Waals surface area contributed by atoms with Crippen molar-refractivity contribution in [3.05, 3.63) is 51.8 Å². The molecule has 0 aliphatic rings. The van der Waals surface area contributed by atoms with Crippen molar-refractivity contribution in [2.75, 3.05) is 6.54 Å². The predicted molar refractivity (Wildman–Crippen MR) is 79.8 cm³/mol. The lowest BCUT2D eigenvalue weighted by Crippen LogP contribution is -2.25. The summed E-state index contributed by atoms with van der Waals surface area (Å²) in [5, 5.41) is 9.06. The molecule has 1 aromatic heterocycles. The Morgan fingerprint density at radius 2 is 2.00 bits per heavy atom. The van der Waals surface area contributed by atoms with E-state index in [1.54, 1.807) is 10.9 Å². The molecule has 2 aromatic rings. The molecule has 0 aliphatic heterocycles. The van der Waals surface area contributed by atoms with E-state index in [1.807, 2.05) is 31.3 Å². The minimum absolute atomic E-state index is 0.0475. The van der Waals surface area contributed by atoms with Gasteiger partial charge in [0, 0.05) is 12.1 Å². The monoisotopic (exact) mass is 297 g/mol. The van der Waals surface area contributed by atoms with Gasteiger partial charge in [-0.2, -0.15) is 5.10 Å². The van der Waals surface area contributed by atoms with E-state index in [1.165, 1.54) is 0 Å². The molecule has 1 N–H and O–H groups in total. The molecule has 1 atom stereocenters. The first-order valence-electron chi connectivity index (χ1n) is 6.30. The van der Waals surface area contributed by atoms with Gasteiger partial charge >= 0.3 is 0 Å². The quantitative estimate of drug-likeness (QED) is 0.909. The Bertz CT molecular complexity index is 532. The van der Waals surface area contributed by atoms with E-state index in [9.17, 15) is 0 Å². The van der Waals surface area contributed by atoms with Crippen LogP contribution in [0.4, 0.5) is 0 Å². The van der Waals surface area contributed by atoms with E-state index in [4.69, 9.17) is 23.2 Å². The molecule has 0 amide bonds. The molecule has 0 radical (unpaired) electrons. The van der Waals surface area contributed by atoms with Crippen LogP contribution in [0.2, 0.25) is 10.0 Å². The third kappa shape index (κ3) is 3.11. The summed E-state index contributed by atoms with van der Waals surface area (Å²) >= 11 is 12.6.